The Bertz CT molecular complexity index is 888. The Kier molecular flexibility index (Phi) is 5.07. The predicted octanol–water partition coefficient (Wildman–Crippen LogP) is 2.96. The number of aryl methyl sites for hydroxylation is 1. The molecule has 3 rings (SSSR count). The Hall–Kier alpha value is -3.48. The highest BCUT2D eigenvalue weighted by Gasteiger charge is 2.19. The molecule has 0 saturated carbocycles. The van der Waals surface area contributed by atoms with Crippen LogP contribution in [0.3, 0.4) is 0 Å². The molecule has 0 fully saturated rings. The molecule has 1 unspecified atom stereocenters. The van der Waals surface area contributed by atoms with Crippen LogP contribution in [0.2, 0.25) is 0 Å². The van der Waals surface area contributed by atoms with E-state index in [2.05, 4.69) is 20.3 Å². The number of amides is 1. The summed E-state index contributed by atoms with van der Waals surface area (Å²) in [5.41, 5.74) is 2.19. The van der Waals surface area contributed by atoms with Gasteiger partial charge in [0.1, 0.15) is 11.6 Å². The van der Waals surface area contributed by atoms with Crippen molar-refractivity contribution in [1.82, 2.24) is 15.0 Å². The molecule has 0 aliphatic heterocycles. The quantitative estimate of drug-likeness (QED) is 0.690. The minimum Gasteiger partial charge on any atom is -0.449 e. The summed E-state index contributed by atoms with van der Waals surface area (Å²) in [6.45, 7) is 3.42. The molecule has 2 N–H and O–H groups in total. The van der Waals surface area contributed by atoms with Crippen molar-refractivity contribution < 1.29 is 14.3 Å². The van der Waals surface area contributed by atoms with Gasteiger partial charge in [0, 0.05) is 24.2 Å². The van der Waals surface area contributed by atoms with Crippen LogP contribution in [0.4, 0.5) is 5.82 Å². The number of aromatic nitrogens is 3. The maximum atomic E-state index is 12.2. The molecule has 7 nitrogen and oxygen atoms in total. The van der Waals surface area contributed by atoms with Crippen molar-refractivity contribution in [2.75, 3.05) is 5.32 Å². The third kappa shape index (κ3) is 4.13. The molecule has 0 bridgehead atoms. The number of nitrogens with zero attached hydrogens (tertiary/aromatic N) is 2. The van der Waals surface area contributed by atoms with Crippen molar-refractivity contribution in [3.8, 4) is 11.4 Å². The van der Waals surface area contributed by atoms with Gasteiger partial charge in [0.05, 0.1) is 5.56 Å². The van der Waals surface area contributed by atoms with Crippen LogP contribution in [0.1, 0.15) is 22.8 Å². The molecule has 0 aliphatic rings. The molecular weight excluding hydrogens is 332 g/mol. The number of esters is 1. The molecular formula is C19H18N4O3. The second kappa shape index (κ2) is 7.60. The molecule has 0 saturated heterocycles. The standard InChI is InChI=1S/C19H18N4O3/c1-12-3-8-16(22-11-12)23-18(24)13(2)26-19(25)15-6-4-14(5-7-15)17-20-9-10-21-17/h3-11,13H,1-2H3,(H,20,21)(H,22,23,24). The topological polar surface area (TPSA) is 97.0 Å². The highest BCUT2D eigenvalue weighted by atomic mass is 16.5. The number of hydrogen-bond acceptors (Lipinski definition) is 5. The maximum absolute atomic E-state index is 12.2. The normalized spacial score (nSPS) is 11.6. The number of aromatic amines is 1. The molecule has 26 heavy (non-hydrogen) atoms. The Morgan fingerprint density at radius 1 is 1.12 bits per heavy atom. The summed E-state index contributed by atoms with van der Waals surface area (Å²) in [5, 5.41) is 2.61. The Labute approximate surface area is 150 Å². The number of hydrogen-bond donors (Lipinski definition) is 2. The summed E-state index contributed by atoms with van der Waals surface area (Å²) < 4.78 is 5.22. The third-order valence-corrected chi connectivity index (χ3v) is 3.71. The summed E-state index contributed by atoms with van der Waals surface area (Å²) in [4.78, 5) is 35.6. The van der Waals surface area contributed by atoms with Gasteiger partial charge >= 0.3 is 5.97 Å². The number of nitrogens with one attached hydrogen (secondary N) is 2. The molecule has 7 heteroatoms. The van der Waals surface area contributed by atoms with E-state index in [1.54, 1.807) is 48.9 Å². The SMILES string of the molecule is Cc1ccc(NC(=O)C(C)OC(=O)c2ccc(-c3ncc[nH]3)cc2)nc1. The van der Waals surface area contributed by atoms with E-state index in [1.807, 2.05) is 13.0 Å². The number of pyridine rings is 1. The highest BCUT2D eigenvalue weighted by molar-refractivity contribution is 5.97. The summed E-state index contributed by atoms with van der Waals surface area (Å²) >= 11 is 0. The van der Waals surface area contributed by atoms with Gasteiger partial charge in [0.25, 0.3) is 5.91 Å². The lowest BCUT2D eigenvalue weighted by Crippen LogP contribution is -2.30. The van der Waals surface area contributed by atoms with Crippen LogP contribution in [0.5, 0.6) is 0 Å². The van der Waals surface area contributed by atoms with Crippen molar-refractivity contribution in [3.05, 3.63) is 66.1 Å². The van der Waals surface area contributed by atoms with E-state index >= 15 is 0 Å². The fourth-order valence-corrected chi connectivity index (χ4v) is 2.24. The Balaban J connectivity index is 1.59. The first kappa shape index (κ1) is 17.3. The molecule has 1 aromatic carbocycles. The van der Waals surface area contributed by atoms with Gasteiger partial charge in [-0.15, -0.1) is 0 Å². The van der Waals surface area contributed by atoms with Crippen LogP contribution < -0.4 is 5.32 Å². The average Bonchev–Trinajstić information content (AvgIpc) is 3.18. The number of anilines is 1. The zero-order chi connectivity index (χ0) is 18.5. The van der Waals surface area contributed by atoms with Gasteiger partial charge in [0.15, 0.2) is 6.10 Å². The van der Waals surface area contributed by atoms with E-state index in [-0.39, 0.29) is 0 Å². The van der Waals surface area contributed by atoms with Crippen molar-refractivity contribution in [3.63, 3.8) is 0 Å². The van der Waals surface area contributed by atoms with Crippen LogP contribution in [0.15, 0.2) is 55.0 Å². The number of benzene rings is 1. The van der Waals surface area contributed by atoms with E-state index < -0.39 is 18.0 Å². The minimum absolute atomic E-state index is 0.355. The molecule has 2 heterocycles. The van der Waals surface area contributed by atoms with Crippen LogP contribution in [0.25, 0.3) is 11.4 Å². The van der Waals surface area contributed by atoms with E-state index in [0.29, 0.717) is 17.2 Å². The lowest BCUT2D eigenvalue weighted by molar-refractivity contribution is -0.123. The summed E-state index contributed by atoms with van der Waals surface area (Å²) in [6, 6.07) is 10.3. The first-order valence-corrected chi connectivity index (χ1v) is 8.07. The predicted molar refractivity (Wildman–Crippen MR) is 96.5 cm³/mol. The Morgan fingerprint density at radius 3 is 2.50 bits per heavy atom. The first-order valence-electron chi connectivity index (χ1n) is 8.07. The largest absolute Gasteiger partial charge is 0.449 e. The highest BCUT2D eigenvalue weighted by Crippen LogP contribution is 2.16. The molecule has 0 aliphatic carbocycles. The van der Waals surface area contributed by atoms with Gasteiger partial charge in [-0.2, -0.15) is 0 Å². The molecule has 1 amide bonds. The number of carbonyl (C=O) groups is 2. The van der Waals surface area contributed by atoms with E-state index in [4.69, 9.17) is 4.74 Å². The van der Waals surface area contributed by atoms with Crippen LogP contribution in [0, 0.1) is 6.92 Å². The van der Waals surface area contributed by atoms with Gasteiger partial charge in [-0.3, -0.25) is 4.79 Å². The zero-order valence-corrected chi connectivity index (χ0v) is 14.4. The smallest absolute Gasteiger partial charge is 0.338 e. The molecule has 1 atom stereocenters. The van der Waals surface area contributed by atoms with Crippen LogP contribution >= 0.6 is 0 Å². The molecule has 2 aromatic heterocycles. The van der Waals surface area contributed by atoms with Crippen molar-refractivity contribution in [1.29, 1.82) is 0 Å². The fraction of sp³-hybridized carbons (Fsp3) is 0.158. The second-order valence-corrected chi connectivity index (χ2v) is 5.77. The lowest BCUT2D eigenvalue weighted by atomic mass is 10.1. The van der Waals surface area contributed by atoms with Gasteiger partial charge < -0.3 is 15.0 Å². The second-order valence-electron chi connectivity index (χ2n) is 5.77. The average molecular weight is 350 g/mol. The lowest BCUT2D eigenvalue weighted by Gasteiger charge is -2.13. The summed E-state index contributed by atoms with van der Waals surface area (Å²) in [6.07, 6.45) is 4.07. The van der Waals surface area contributed by atoms with E-state index in [1.165, 1.54) is 6.92 Å². The zero-order valence-electron chi connectivity index (χ0n) is 14.4. The number of carbonyl (C=O) groups excluding carboxylic acids is 2. The molecule has 0 radical (unpaired) electrons. The third-order valence-electron chi connectivity index (χ3n) is 3.71. The van der Waals surface area contributed by atoms with Gasteiger partial charge in [-0.1, -0.05) is 18.2 Å². The van der Waals surface area contributed by atoms with E-state index in [0.717, 1.165) is 11.1 Å². The van der Waals surface area contributed by atoms with Crippen LogP contribution in [-0.4, -0.2) is 32.9 Å². The fourth-order valence-electron chi connectivity index (χ4n) is 2.24. The monoisotopic (exact) mass is 350 g/mol. The van der Waals surface area contributed by atoms with Gasteiger partial charge in [-0.25, -0.2) is 14.8 Å². The number of H-pyrrole nitrogens is 1. The summed E-state index contributed by atoms with van der Waals surface area (Å²) in [7, 11) is 0. The van der Waals surface area contributed by atoms with Crippen molar-refractivity contribution >= 4 is 17.7 Å². The number of imidazole rings is 1. The summed E-state index contributed by atoms with van der Waals surface area (Å²) in [5.74, 6) is 0.104. The molecule has 3 aromatic rings. The van der Waals surface area contributed by atoms with Gasteiger partial charge in [0.2, 0.25) is 0 Å². The number of rotatable bonds is 5. The minimum atomic E-state index is -0.949. The van der Waals surface area contributed by atoms with Crippen molar-refractivity contribution in [2.24, 2.45) is 0 Å². The van der Waals surface area contributed by atoms with Gasteiger partial charge in [-0.05, 0) is 37.6 Å². The van der Waals surface area contributed by atoms with E-state index in [9.17, 15) is 9.59 Å². The van der Waals surface area contributed by atoms with Crippen LogP contribution in [-0.2, 0) is 9.53 Å². The molecule has 132 valence electrons. The maximum Gasteiger partial charge on any atom is 0.338 e. The first-order chi connectivity index (χ1) is 12.5. The Morgan fingerprint density at radius 2 is 1.88 bits per heavy atom. The molecule has 0 spiro atoms. The van der Waals surface area contributed by atoms with Crippen molar-refractivity contribution in [2.45, 2.75) is 20.0 Å². The number of ether oxygens (including phenoxy) is 1.